The number of piperazine rings is 1. The molecule has 3 rings (SSSR count). The number of carboxylic acid groups (broad SMARTS) is 1. The minimum atomic E-state index is -0.879. The summed E-state index contributed by atoms with van der Waals surface area (Å²) >= 11 is 3.48. The molecule has 0 saturated carbocycles. The molecule has 2 aromatic rings. The van der Waals surface area contributed by atoms with E-state index in [2.05, 4.69) is 27.8 Å². The maximum Gasteiger partial charge on any atom is 0.407 e. The van der Waals surface area contributed by atoms with Crippen molar-refractivity contribution in [3.63, 3.8) is 0 Å². The average molecular weight is 465 g/mol. The Labute approximate surface area is 179 Å². The van der Waals surface area contributed by atoms with E-state index in [0.717, 1.165) is 23.1 Å². The molecule has 1 saturated heterocycles. The quantitative estimate of drug-likeness (QED) is 0.720. The van der Waals surface area contributed by atoms with Gasteiger partial charge in [0.2, 0.25) is 0 Å². The molecule has 1 aromatic heterocycles. The summed E-state index contributed by atoms with van der Waals surface area (Å²) in [4.78, 5) is 33.5. The molecule has 1 aromatic carbocycles. The van der Waals surface area contributed by atoms with Crippen LogP contribution < -0.4 is 5.56 Å². The number of hydrogen-bond acceptors (Lipinski definition) is 4. The summed E-state index contributed by atoms with van der Waals surface area (Å²) in [5.41, 5.74) is 0.668. The molecule has 1 aliphatic rings. The molecule has 1 amide bonds. The van der Waals surface area contributed by atoms with E-state index >= 15 is 0 Å². The SMILES string of the molecule is CCCC(c1nc2cc(Br)ccc2c(=O)n1CC)N1CC(C)N(C(=O)O)C(C)C1. The van der Waals surface area contributed by atoms with Crippen molar-refractivity contribution < 1.29 is 9.90 Å². The van der Waals surface area contributed by atoms with Crippen LogP contribution in [0.15, 0.2) is 27.5 Å². The van der Waals surface area contributed by atoms with Gasteiger partial charge in [0.05, 0.1) is 16.9 Å². The first-order valence-electron chi connectivity index (χ1n) is 10.2. The third kappa shape index (κ3) is 4.19. The number of hydrogen-bond donors (Lipinski definition) is 1. The number of fused-ring (bicyclic) bond motifs is 1. The van der Waals surface area contributed by atoms with Gasteiger partial charge in [-0.3, -0.25) is 14.3 Å². The number of halogens is 1. The summed E-state index contributed by atoms with van der Waals surface area (Å²) in [7, 11) is 0. The topological polar surface area (TPSA) is 78.7 Å². The molecule has 0 radical (unpaired) electrons. The minimum absolute atomic E-state index is 0.0219. The van der Waals surface area contributed by atoms with Crippen molar-refractivity contribution in [2.45, 2.75) is 65.2 Å². The Bertz CT molecular complexity index is 949. The molecule has 3 atom stereocenters. The third-order valence-electron chi connectivity index (χ3n) is 5.73. The highest BCUT2D eigenvalue weighted by molar-refractivity contribution is 9.10. The van der Waals surface area contributed by atoms with Gasteiger partial charge in [-0.25, -0.2) is 9.78 Å². The lowest BCUT2D eigenvalue weighted by Gasteiger charge is -2.45. The maximum atomic E-state index is 13.2. The summed E-state index contributed by atoms with van der Waals surface area (Å²) < 4.78 is 2.66. The smallest absolute Gasteiger partial charge is 0.407 e. The fourth-order valence-electron chi connectivity index (χ4n) is 4.51. The van der Waals surface area contributed by atoms with Gasteiger partial charge in [0.25, 0.3) is 5.56 Å². The number of nitrogens with zero attached hydrogens (tertiary/aromatic N) is 4. The van der Waals surface area contributed by atoms with Gasteiger partial charge >= 0.3 is 6.09 Å². The maximum absolute atomic E-state index is 13.2. The fourth-order valence-corrected chi connectivity index (χ4v) is 4.86. The van der Waals surface area contributed by atoms with Gasteiger partial charge in [-0.2, -0.15) is 0 Å². The normalized spacial score (nSPS) is 21.5. The lowest BCUT2D eigenvalue weighted by molar-refractivity contribution is 0.0171. The third-order valence-corrected chi connectivity index (χ3v) is 6.23. The fraction of sp³-hybridized carbons (Fsp3) is 0.571. The molecule has 0 spiro atoms. The summed E-state index contributed by atoms with van der Waals surface area (Å²) in [5.74, 6) is 0.771. The number of rotatable bonds is 5. The monoisotopic (exact) mass is 464 g/mol. The Morgan fingerprint density at radius 3 is 2.48 bits per heavy atom. The van der Waals surface area contributed by atoms with Crippen molar-refractivity contribution >= 4 is 32.9 Å². The molecule has 7 nitrogen and oxygen atoms in total. The summed E-state index contributed by atoms with van der Waals surface area (Å²) in [6, 6.07) is 5.30. The Morgan fingerprint density at radius 1 is 1.28 bits per heavy atom. The van der Waals surface area contributed by atoms with E-state index in [1.807, 2.05) is 39.0 Å². The molecule has 0 aliphatic carbocycles. The van der Waals surface area contributed by atoms with Gasteiger partial charge in [0.1, 0.15) is 5.82 Å². The van der Waals surface area contributed by atoms with Crippen molar-refractivity contribution in [3.05, 3.63) is 38.9 Å². The number of benzene rings is 1. The molecule has 8 heteroatoms. The Kier molecular flexibility index (Phi) is 6.63. The highest BCUT2D eigenvalue weighted by atomic mass is 79.9. The van der Waals surface area contributed by atoms with Gasteiger partial charge in [-0.15, -0.1) is 0 Å². The van der Waals surface area contributed by atoms with E-state index in [0.29, 0.717) is 30.5 Å². The zero-order valence-electron chi connectivity index (χ0n) is 17.4. The van der Waals surface area contributed by atoms with E-state index in [1.165, 1.54) is 4.90 Å². The second-order valence-electron chi connectivity index (χ2n) is 7.83. The predicted molar refractivity (Wildman–Crippen MR) is 117 cm³/mol. The predicted octanol–water partition coefficient (Wildman–Crippen LogP) is 4.09. The summed E-state index contributed by atoms with van der Waals surface area (Å²) in [6.45, 7) is 9.77. The highest BCUT2D eigenvalue weighted by Crippen LogP contribution is 2.30. The Balaban J connectivity index is 2.08. The zero-order valence-corrected chi connectivity index (χ0v) is 19.0. The van der Waals surface area contributed by atoms with E-state index in [-0.39, 0.29) is 23.7 Å². The molecule has 1 aliphatic heterocycles. The largest absolute Gasteiger partial charge is 0.465 e. The molecule has 2 heterocycles. The minimum Gasteiger partial charge on any atom is -0.465 e. The molecule has 1 fully saturated rings. The average Bonchev–Trinajstić information content (AvgIpc) is 2.64. The van der Waals surface area contributed by atoms with E-state index < -0.39 is 6.09 Å². The van der Waals surface area contributed by atoms with E-state index in [1.54, 1.807) is 4.57 Å². The molecule has 158 valence electrons. The number of carbonyl (C=O) groups is 1. The molecule has 0 bridgehead atoms. The first-order valence-corrected chi connectivity index (χ1v) is 11.0. The van der Waals surface area contributed by atoms with Crippen LogP contribution in [0.2, 0.25) is 0 Å². The van der Waals surface area contributed by atoms with Gasteiger partial charge in [-0.05, 0) is 45.4 Å². The van der Waals surface area contributed by atoms with Crippen molar-refractivity contribution in [2.75, 3.05) is 13.1 Å². The van der Waals surface area contributed by atoms with Gasteiger partial charge < -0.3 is 10.0 Å². The Hall–Kier alpha value is -1.93. The standard InChI is InChI=1S/C21H29BrN4O3/c1-5-7-18(24-11-13(3)26(21(28)29)14(4)12-24)19-23-17-10-15(22)8-9-16(17)20(27)25(19)6-2/h8-10,13-14,18H,5-7,11-12H2,1-4H3,(H,28,29). The van der Waals surface area contributed by atoms with Crippen molar-refractivity contribution in [1.82, 2.24) is 19.4 Å². The highest BCUT2D eigenvalue weighted by Gasteiger charge is 2.37. The van der Waals surface area contributed by atoms with Crippen LogP contribution in [-0.2, 0) is 6.54 Å². The van der Waals surface area contributed by atoms with Crippen LogP contribution in [0.3, 0.4) is 0 Å². The second-order valence-corrected chi connectivity index (χ2v) is 8.74. The van der Waals surface area contributed by atoms with Crippen LogP contribution in [-0.4, -0.2) is 55.7 Å². The molecule has 1 N–H and O–H groups in total. The van der Waals surface area contributed by atoms with Crippen LogP contribution in [0.25, 0.3) is 10.9 Å². The van der Waals surface area contributed by atoms with Crippen LogP contribution in [0.4, 0.5) is 4.79 Å². The zero-order chi connectivity index (χ0) is 21.3. The number of aromatic nitrogens is 2. The lowest BCUT2D eigenvalue weighted by Crippen LogP contribution is -2.59. The second kappa shape index (κ2) is 8.83. The Morgan fingerprint density at radius 2 is 1.93 bits per heavy atom. The summed E-state index contributed by atoms with van der Waals surface area (Å²) in [5, 5.41) is 10.1. The first kappa shape index (κ1) is 21.8. The molecular formula is C21H29BrN4O3. The van der Waals surface area contributed by atoms with Crippen molar-refractivity contribution in [2.24, 2.45) is 0 Å². The van der Waals surface area contributed by atoms with E-state index in [4.69, 9.17) is 4.98 Å². The molecule has 3 unspecified atom stereocenters. The van der Waals surface area contributed by atoms with Gasteiger partial charge in [0, 0.05) is 36.2 Å². The first-order chi connectivity index (χ1) is 13.8. The number of amides is 1. The van der Waals surface area contributed by atoms with Crippen molar-refractivity contribution in [1.29, 1.82) is 0 Å². The summed E-state index contributed by atoms with van der Waals surface area (Å²) in [6.07, 6.45) is 0.928. The molecule has 29 heavy (non-hydrogen) atoms. The lowest BCUT2D eigenvalue weighted by atomic mass is 10.0. The van der Waals surface area contributed by atoms with E-state index in [9.17, 15) is 14.7 Å². The van der Waals surface area contributed by atoms with Crippen LogP contribution in [0, 0.1) is 0 Å². The van der Waals surface area contributed by atoms with Gasteiger partial charge in [-0.1, -0.05) is 29.3 Å². The van der Waals surface area contributed by atoms with Crippen LogP contribution in [0.5, 0.6) is 0 Å². The van der Waals surface area contributed by atoms with Crippen LogP contribution in [0.1, 0.15) is 52.4 Å². The van der Waals surface area contributed by atoms with Crippen LogP contribution >= 0.6 is 15.9 Å². The van der Waals surface area contributed by atoms with Gasteiger partial charge in [0.15, 0.2) is 0 Å². The molecular weight excluding hydrogens is 436 g/mol. The van der Waals surface area contributed by atoms with Crippen molar-refractivity contribution in [3.8, 4) is 0 Å².